The Hall–Kier alpha value is -2.89. The van der Waals surface area contributed by atoms with Crippen LogP contribution in [-0.4, -0.2) is 53.2 Å². The average molecular weight is 474 g/mol. The third-order valence-corrected chi connectivity index (χ3v) is 6.63. The van der Waals surface area contributed by atoms with Gasteiger partial charge in [-0.2, -0.15) is 0 Å². The lowest BCUT2D eigenvalue weighted by atomic mass is 10.2. The van der Waals surface area contributed by atoms with Crippen molar-refractivity contribution >= 4 is 38.5 Å². The van der Waals surface area contributed by atoms with E-state index in [0.717, 1.165) is 11.8 Å². The molecule has 11 heteroatoms. The van der Waals surface area contributed by atoms with E-state index < -0.39 is 10.0 Å². The summed E-state index contributed by atoms with van der Waals surface area (Å²) in [7, 11) is -1.65. The van der Waals surface area contributed by atoms with Crippen molar-refractivity contribution in [3.8, 4) is 11.4 Å². The summed E-state index contributed by atoms with van der Waals surface area (Å²) < 4.78 is 33.9. The van der Waals surface area contributed by atoms with Crippen LogP contribution in [0.25, 0.3) is 22.4 Å². The number of thioether (sulfide) groups is 1. The number of methoxy groups -OCH3 is 1. The maximum Gasteiger partial charge on any atom is 0.267 e. The Morgan fingerprint density at radius 3 is 2.69 bits per heavy atom. The van der Waals surface area contributed by atoms with Crippen LogP contribution in [0.15, 0.2) is 52.4 Å². The molecule has 2 aromatic heterocycles. The average Bonchev–Trinajstić information content (AvgIpc) is 3.17. The normalized spacial score (nSPS) is 12.0. The largest absolute Gasteiger partial charge is 0.495 e. The minimum atomic E-state index is -3.22. The molecule has 0 fully saturated rings. The summed E-state index contributed by atoms with van der Waals surface area (Å²) in [5.74, 6) is 1.57. The number of rotatable bonds is 8. The zero-order valence-corrected chi connectivity index (χ0v) is 19.5. The van der Waals surface area contributed by atoms with Crippen molar-refractivity contribution in [3.63, 3.8) is 0 Å². The summed E-state index contributed by atoms with van der Waals surface area (Å²) in [5.41, 5.74) is 2.07. The van der Waals surface area contributed by atoms with E-state index in [0.29, 0.717) is 52.0 Å². The van der Waals surface area contributed by atoms with Crippen LogP contribution >= 0.6 is 11.8 Å². The molecule has 1 N–H and O–H groups in total. The fraction of sp³-hybridized carbons (Fsp3) is 0.286. The van der Waals surface area contributed by atoms with E-state index in [4.69, 9.17) is 4.74 Å². The predicted molar refractivity (Wildman–Crippen MR) is 126 cm³/mol. The minimum Gasteiger partial charge on any atom is -0.495 e. The van der Waals surface area contributed by atoms with Gasteiger partial charge in [-0.3, -0.25) is 9.20 Å². The lowest BCUT2D eigenvalue weighted by molar-refractivity contribution is 0.412. The molecule has 0 bridgehead atoms. The van der Waals surface area contributed by atoms with E-state index in [2.05, 4.69) is 14.9 Å². The summed E-state index contributed by atoms with van der Waals surface area (Å²) in [6.07, 6.45) is 1.76. The third-order valence-electron chi connectivity index (χ3n) is 4.89. The molecule has 32 heavy (non-hydrogen) atoms. The predicted octanol–water partition coefficient (Wildman–Crippen LogP) is 2.38. The van der Waals surface area contributed by atoms with Crippen LogP contribution in [0.3, 0.4) is 0 Å². The van der Waals surface area contributed by atoms with E-state index in [9.17, 15) is 13.2 Å². The van der Waals surface area contributed by atoms with Crippen LogP contribution in [-0.2, 0) is 10.0 Å². The highest BCUT2D eigenvalue weighted by molar-refractivity contribution is 7.99. The van der Waals surface area contributed by atoms with Crippen LogP contribution in [0.1, 0.15) is 12.0 Å². The first-order valence-electron chi connectivity index (χ1n) is 9.91. The first-order chi connectivity index (χ1) is 15.3. The van der Waals surface area contributed by atoms with E-state index in [1.165, 1.54) is 16.3 Å². The molecule has 0 amide bonds. The zero-order valence-electron chi connectivity index (χ0n) is 17.9. The summed E-state index contributed by atoms with van der Waals surface area (Å²) in [4.78, 5) is 13.5. The summed E-state index contributed by atoms with van der Waals surface area (Å²) in [6, 6.07) is 12.9. The number of hydrogen-bond acceptors (Lipinski definition) is 7. The number of ether oxygens (including phenoxy) is 1. The number of para-hydroxylation sites is 1. The molecule has 2 aromatic carbocycles. The molecule has 0 saturated heterocycles. The Labute approximate surface area is 189 Å². The van der Waals surface area contributed by atoms with Gasteiger partial charge in [-0.25, -0.2) is 17.7 Å². The van der Waals surface area contributed by atoms with E-state index >= 15 is 0 Å². The Balaban J connectivity index is 1.84. The van der Waals surface area contributed by atoms with Gasteiger partial charge in [-0.15, -0.1) is 10.2 Å². The van der Waals surface area contributed by atoms with Crippen molar-refractivity contribution in [3.05, 3.63) is 58.4 Å². The van der Waals surface area contributed by atoms with Crippen LogP contribution in [0.5, 0.6) is 5.75 Å². The van der Waals surface area contributed by atoms with Crippen LogP contribution in [0.2, 0.25) is 0 Å². The molecule has 0 spiro atoms. The van der Waals surface area contributed by atoms with Gasteiger partial charge in [0, 0.05) is 12.3 Å². The van der Waals surface area contributed by atoms with Crippen molar-refractivity contribution in [2.45, 2.75) is 18.5 Å². The molecule has 9 nitrogen and oxygen atoms in total. The Kier molecular flexibility index (Phi) is 6.22. The fourth-order valence-corrected chi connectivity index (χ4v) is 4.85. The molecule has 0 aliphatic heterocycles. The molecule has 168 valence electrons. The Morgan fingerprint density at radius 2 is 1.94 bits per heavy atom. The molecule has 0 aliphatic rings. The number of aromatic nitrogens is 4. The van der Waals surface area contributed by atoms with Gasteiger partial charge >= 0.3 is 0 Å². The molecule has 2 heterocycles. The smallest absolute Gasteiger partial charge is 0.267 e. The molecular weight excluding hydrogens is 450 g/mol. The second-order valence-electron chi connectivity index (χ2n) is 7.32. The topological polar surface area (TPSA) is 108 Å². The van der Waals surface area contributed by atoms with Gasteiger partial charge in [0.15, 0.2) is 5.16 Å². The van der Waals surface area contributed by atoms with Crippen molar-refractivity contribution < 1.29 is 13.2 Å². The van der Waals surface area contributed by atoms with E-state index in [-0.39, 0.29) is 5.56 Å². The van der Waals surface area contributed by atoms with Crippen LogP contribution in [0, 0.1) is 6.92 Å². The Bertz CT molecular complexity index is 1460. The number of fused-ring (bicyclic) bond motifs is 3. The number of aryl methyl sites for hydroxylation is 1. The maximum absolute atomic E-state index is 13.5. The summed E-state index contributed by atoms with van der Waals surface area (Å²) in [6.45, 7) is 2.29. The number of nitrogens with one attached hydrogen (secondary N) is 1. The monoisotopic (exact) mass is 473 g/mol. The van der Waals surface area contributed by atoms with Crippen molar-refractivity contribution in [2.24, 2.45) is 0 Å². The van der Waals surface area contributed by atoms with Gasteiger partial charge in [-0.1, -0.05) is 30.0 Å². The van der Waals surface area contributed by atoms with Crippen LogP contribution < -0.4 is 15.0 Å². The lowest BCUT2D eigenvalue weighted by Crippen LogP contribution is -2.23. The molecular formula is C21H23N5O4S2. The standard InChI is InChI=1S/C21H23N5O4S2/c1-14-9-10-18(30-2)17(13-14)25-19(27)15-7-4-5-8-16(15)26-20(25)23-24-21(26)31-12-6-11-22-32(3,28)29/h4-5,7-10,13,22H,6,11-12H2,1-3H3. The first-order valence-corrected chi connectivity index (χ1v) is 12.8. The molecule has 0 unspecified atom stereocenters. The number of nitrogens with zero attached hydrogens (tertiary/aromatic N) is 4. The van der Waals surface area contributed by atoms with E-state index in [1.807, 2.05) is 47.7 Å². The Morgan fingerprint density at radius 1 is 1.16 bits per heavy atom. The van der Waals surface area contributed by atoms with Crippen LogP contribution in [0.4, 0.5) is 0 Å². The van der Waals surface area contributed by atoms with Gasteiger partial charge in [0.25, 0.3) is 5.56 Å². The SMILES string of the molecule is COc1ccc(C)cc1-n1c(=O)c2ccccc2n2c(SCCCNS(C)(=O)=O)nnc12. The fourth-order valence-electron chi connectivity index (χ4n) is 3.46. The quantitative estimate of drug-likeness (QED) is 0.309. The van der Waals surface area contributed by atoms with Crippen molar-refractivity contribution in [1.29, 1.82) is 0 Å². The third kappa shape index (κ3) is 4.36. The van der Waals surface area contributed by atoms with Crippen molar-refractivity contribution in [2.75, 3.05) is 25.7 Å². The minimum absolute atomic E-state index is 0.210. The molecule has 0 aliphatic carbocycles. The van der Waals surface area contributed by atoms with Gasteiger partial charge in [0.05, 0.1) is 30.0 Å². The maximum atomic E-state index is 13.5. The first kappa shape index (κ1) is 22.3. The highest BCUT2D eigenvalue weighted by atomic mass is 32.2. The second-order valence-corrected chi connectivity index (χ2v) is 10.2. The van der Waals surface area contributed by atoms with Gasteiger partial charge in [-0.05, 0) is 43.2 Å². The molecule has 0 atom stereocenters. The summed E-state index contributed by atoms with van der Waals surface area (Å²) in [5, 5.41) is 9.82. The molecule has 0 saturated carbocycles. The van der Waals surface area contributed by atoms with Gasteiger partial charge < -0.3 is 4.74 Å². The van der Waals surface area contributed by atoms with Gasteiger partial charge in [0.1, 0.15) is 5.75 Å². The number of hydrogen-bond donors (Lipinski definition) is 1. The second kappa shape index (κ2) is 8.93. The van der Waals surface area contributed by atoms with Gasteiger partial charge in [0.2, 0.25) is 15.8 Å². The zero-order chi connectivity index (χ0) is 22.9. The summed E-state index contributed by atoms with van der Waals surface area (Å²) >= 11 is 1.45. The number of sulfonamides is 1. The lowest BCUT2D eigenvalue weighted by Gasteiger charge is -2.14. The molecule has 0 radical (unpaired) electrons. The van der Waals surface area contributed by atoms with Crippen molar-refractivity contribution in [1.82, 2.24) is 23.9 Å². The highest BCUT2D eigenvalue weighted by Crippen LogP contribution is 2.28. The number of benzene rings is 2. The highest BCUT2D eigenvalue weighted by Gasteiger charge is 2.20. The van der Waals surface area contributed by atoms with E-state index in [1.54, 1.807) is 13.2 Å². The molecule has 4 rings (SSSR count). The molecule has 4 aromatic rings.